The predicted octanol–water partition coefficient (Wildman–Crippen LogP) is 3.92. The maximum absolute atomic E-state index is 11.5. The summed E-state index contributed by atoms with van der Waals surface area (Å²) >= 11 is 0. The van der Waals surface area contributed by atoms with Crippen LogP contribution >= 0.6 is 0 Å². The van der Waals surface area contributed by atoms with Gasteiger partial charge in [0.15, 0.2) is 11.3 Å². The number of hydrogen-bond acceptors (Lipinski definition) is 3. The Balaban J connectivity index is 2.04. The fraction of sp³-hybridized carbons (Fsp3) is 0.316. The molecule has 1 saturated carbocycles. The first-order valence-corrected chi connectivity index (χ1v) is 8.40. The minimum Gasteiger partial charge on any atom is -0.477 e. The van der Waals surface area contributed by atoms with Crippen molar-refractivity contribution in [3.63, 3.8) is 0 Å². The highest BCUT2D eigenvalue weighted by atomic mass is 16.4. The van der Waals surface area contributed by atoms with Gasteiger partial charge in [0.05, 0.1) is 11.3 Å². The third-order valence-electron chi connectivity index (χ3n) is 4.44. The van der Waals surface area contributed by atoms with Gasteiger partial charge < -0.3 is 5.11 Å². The molecule has 122 valence electrons. The maximum atomic E-state index is 11.5. The lowest BCUT2D eigenvalue weighted by atomic mass is 10.0. The van der Waals surface area contributed by atoms with Gasteiger partial charge in [-0.25, -0.2) is 14.3 Å². The molecule has 4 rings (SSSR count). The van der Waals surface area contributed by atoms with Gasteiger partial charge in [-0.15, -0.1) is 0 Å². The van der Waals surface area contributed by atoms with Crippen LogP contribution in [0.15, 0.2) is 36.4 Å². The minimum atomic E-state index is -0.997. The highest BCUT2D eigenvalue weighted by molar-refractivity contribution is 5.88. The number of aromatic nitrogens is 3. The quantitative estimate of drug-likeness (QED) is 0.773. The molecule has 1 fully saturated rings. The van der Waals surface area contributed by atoms with Crippen LogP contribution in [0, 0.1) is 0 Å². The number of nitrogens with zero attached hydrogens (tertiary/aromatic N) is 3. The zero-order chi connectivity index (χ0) is 16.7. The molecule has 5 heteroatoms. The van der Waals surface area contributed by atoms with E-state index in [2.05, 4.69) is 11.9 Å². The molecular formula is C19H19N3O2. The zero-order valence-electron chi connectivity index (χ0n) is 13.6. The Bertz CT molecular complexity index is 911. The molecule has 1 aliphatic carbocycles. The van der Waals surface area contributed by atoms with Crippen molar-refractivity contribution in [1.82, 2.24) is 14.6 Å². The number of carboxylic acids is 1. The molecular weight excluding hydrogens is 302 g/mol. The summed E-state index contributed by atoms with van der Waals surface area (Å²) in [4.78, 5) is 15.9. The monoisotopic (exact) mass is 321 g/mol. The van der Waals surface area contributed by atoms with E-state index in [9.17, 15) is 9.90 Å². The van der Waals surface area contributed by atoms with Gasteiger partial charge in [0.2, 0.25) is 0 Å². The lowest BCUT2D eigenvalue weighted by molar-refractivity contribution is 0.0690. The lowest BCUT2D eigenvalue weighted by Crippen LogP contribution is -2.08. The van der Waals surface area contributed by atoms with E-state index in [1.807, 2.05) is 34.8 Å². The summed E-state index contributed by atoms with van der Waals surface area (Å²) in [6, 6.07) is 11.7. The van der Waals surface area contributed by atoms with Crippen LogP contribution in [-0.4, -0.2) is 25.7 Å². The van der Waals surface area contributed by atoms with Crippen LogP contribution in [-0.2, 0) is 6.42 Å². The van der Waals surface area contributed by atoms with Gasteiger partial charge in [0, 0.05) is 11.6 Å². The highest BCUT2D eigenvalue weighted by Gasteiger charge is 2.32. The molecule has 1 aromatic carbocycles. The lowest BCUT2D eigenvalue weighted by Gasteiger charge is -2.06. The second kappa shape index (κ2) is 5.74. The van der Waals surface area contributed by atoms with Crippen molar-refractivity contribution in [2.24, 2.45) is 0 Å². The van der Waals surface area contributed by atoms with E-state index in [0.29, 0.717) is 11.6 Å². The minimum absolute atomic E-state index is 0.0883. The van der Waals surface area contributed by atoms with Gasteiger partial charge in [-0.05, 0) is 30.9 Å². The first-order chi connectivity index (χ1) is 11.7. The van der Waals surface area contributed by atoms with Crippen molar-refractivity contribution in [3.8, 4) is 11.1 Å². The summed E-state index contributed by atoms with van der Waals surface area (Å²) in [5, 5.41) is 14.3. The Kier molecular flexibility index (Phi) is 3.56. The molecule has 0 aliphatic heterocycles. The molecule has 2 aromatic heterocycles. The van der Waals surface area contributed by atoms with Crippen molar-refractivity contribution in [2.45, 2.75) is 38.5 Å². The van der Waals surface area contributed by atoms with Crippen LogP contribution in [0.2, 0.25) is 0 Å². The molecule has 0 unspecified atom stereocenters. The SMILES string of the molecule is CCCc1cc(C(=O)O)nc2c(-c3ccccc3)c(C3CC3)nn12. The van der Waals surface area contributed by atoms with E-state index in [1.165, 1.54) is 0 Å². The summed E-state index contributed by atoms with van der Waals surface area (Å²) in [7, 11) is 0. The fourth-order valence-corrected chi connectivity index (χ4v) is 3.16. The number of carbonyl (C=O) groups is 1. The second-order valence-corrected chi connectivity index (χ2v) is 6.32. The van der Waals surface area contributed by atoms with Crippen molar-refractivity contribution < 1.29 is 9.90 Å². The topological polar surface area (TPSA) is 67.5 Å². The Hall–Kier alpha value is -2.69. The second-order valence-electron chi connectivity index (χ2n) is 6.32. The molecule has 3 aromatic rings. The molecule has 0 atom stereocenters. The van der Waals surface area contributed by atoms with Gasteiger partial charge in [-0.1, -0.05) is 43.7 Å². The average molecular weight is 321 g/mol. The van der Waals surface area contributed by atoms with E-state index >= 15 is 0 Å². The summed E-state index contributed by atoms with van der Waals surface area (Å²) in [5.41, 5.74) is 4.74. The largest absolute Gasteiger partial charge is 0.477 e. The van der Waals surface area contributed by atoms with Crippen LogP contribution in [0.4, 0.5) is 0 Å². The zero-order valence-corrected chi connectivity index (χ0v) is 13.6. The summed E-state index contributed by atoms with van der Waals surface area (Å²) < 4.78 is 1.85. The Labute approximate surface area is 140 Å². The fourth-order valence-electron chi connectivity index (χ4n) is 3.16. The normalized spacial score (nSPS) is 14.2. The molecule has 0 radical (unpaired) electrons. The van der Waals surface area contributed by atoms with Crippen LogP contribution in [0.1, 0.15) is 54.0 Å². The van der Waals surface area contributed by atoms with Crippen molar-refractivity contribution in [2.75, 3.05) is 0 Å². The summed E-state index contributed by atoms with van der Waals surface area (Å²) in [5.74, 6) is -0.535. The molecule has 24 heavy (non-hydrogen) atoms. The van der Waals surface area contributed by atoms with Gasteiger partial charge in [0.1, 0.15) is 0 Å². The first kappa shape index (κ1) is 14.9. The van der Waals surface area contributed by atoms with Gasteiger partial charge in [-0.3, -0.25) is 0 Å². The van der Waals surface area contributed by atoms with Crippen LogP contribution in [0.25, 0.3) is 16.8 Å². The average Bonchev–Trinajstić information content (AvgIpc) is 3.36. The maximum Gasteiger partial charge on any atom is 0.354 e. The molecule has 2 heterocycles. The molecule has 1 aliphatic rings. The number of hydrogen-bond donors (Lipinski definition) is 1. The van der Waals surface area contributed by atoms with Gasteiger partial charge >= 0.3 is 5.97 Å². The van der Waals surface area contributed by atoms with E-state index in [4.69, 9.17) is 5.10 Å². The van der Waals surface area contributed by atoms with Crippen LogP contribution < -0.4 is 0 Å². The molecule has 0 amide bonds. The molecule has 0 saturated heterocycles. The Morgan fingerprint density at radius 3 is 2.67 bits per heavy atom. The molecule has 0 bridgehead atoms. The third kappa shape index (κ3) is 2.46. The van der Waals surface area contributed by atoms with Crippen LogP contribution in [0.3, 0.4) is 0 Å². The number of rotatable bonds is 5. The highest BCUT2D eigenvalue weighted by Crippen LogP contribution is 2.45. The molecule has 5 nitrogen and oxygen atoms in total. The van der Waals surface area contributed by atoms with E-state index in [1.54, 1.807) is 6.07 Å². The van der Waals surface area contributed by atoms with Crippen molar-refractivity contribution in [1.29, 1.82) is 0 Å². The van der Waals surface area contributed by atoms with Crippen LogP contribution in [0.5, 0.6) is 0 Å². The standard InChI is InChI=1S/C19H19N3O2/c1-2-6-14-11-15(19(23)24)20-18-16(12-7-4-3-5-8-12)17(13-9-10-13)21-22(14)18/h3-5,7-8,11,13H,2,6,9-10H2,1H3,(H,23,24). The van der Waals surface area contributed by atoms with E-state index in [-0.39, 0.29) is 5.69 Å². The number of fused-ring (bicyclic) bond motifs is 1. The number of aromatic carboxylic acids is 1. The number of benzene rings is 1. The van der Waals surface area contributed by atoms with E-state index < -0.39 is 5.97 Å². The Morgan fingerprint density at radius 2 is 2.04 bits per heavy atom. The third-order valence-corrected chi connectivity index (χ3v) is 4.44. The van der Waals surface area contributed by atoms with Gasteiger partial charge in [-0.2, -0.15) is 5.10 Å². The van der Waals surface area contributed by atoms with Crippen molar-refractivity contribution in [3.05, 3.63) is 53.5 Å². The summed E-state index contributed by atoms with van der Waals surface area (Å²) in [6.45, 7) is 2.08. The summed E-state index contributed by atoms with van der Waals surface area (Å²) in [6.07, 6.45) is 3.98. The van der Waals surface area contributed by atoms with E-state index in [0.717, 1.165) is 48.2 Å². The number of carboxylic acid groups (broad SMARTS) is 1. The molecule has 1 N–H and O–H groups in total. The smallest absolute Gasteiger partial charge is 0.354 e. The predicted molar refractivity (Wildman–Crippen MR) is 91.4 cm³/mol. The number of aryl methyl sites for hydroxylation is 1. The van der Waals surface area contributed by atoms with Gasteiger partial charge in [0.25, 0.3) is 0 Å². The first-order valence-electron chi connectivity index (χ1n) is 8.40. The van der Waals surface area contributed by atoms with Crippen molar-refractivity contribution >= 4 is 11.6 Å². The Morgan fingerprint density at radius 1 is 1.29 bits per heavy atom. The molecule has 0 spiro atoms.